The van der Waals surface area contributed by atoms with E-state index in [1.54, 1.807) is 6.92 Å². The predicted octanol–water partition coefficient (Wildman–Crippen LogP) is -0.0225. The van der Waals surface area contributed by atoms with Crippen molar-refractivity contribution in [3.05, 3.63) is 11.6 Å². The normalized spacial score (nSPS) is 54.9. The van der Waals surface area contributed by atoms with Crippen LogP contribution in [-0.4, -0.2) is 185 Å². The van der Waals surface area contributed by atoms with E-state index in [1.807, 2.05) is 13.8 Å². The number of fused-ring (bicyclic) bond motifs is 7. The second-order valence-corrected chi connectivity index (χ2v) is 23.1. The highest BCUT2D eigenvalue weighted by Crippen LogP contribution is 2.75. The fourth-order valence-corrected chi connectivity index (χ4v) is 14.9. The SMILES string of the molecule is C[C@@H]1O[C@@H](O[C@H]2[C@H](O[C@@H]3[C@@H](O[C@H]4CC[C@@]5(C)[C@@H](CC[C@]6(C)[C@@H]5CC=C5[C@H]7C[C@@](C)(C(=O)O)CC(=O)[C@]7(C)CC[C@]56C)[C@@]4(C)CO)[C@H](O)[C@@H](C(=O)O)O[C@H]3O)O[C@H](CO)[C@H](O)[C@@H]2O)[C@H](O)[C@H](O)[C@H]1O. The molecule has 0 aromatic rings. The Morgan fingerprint density at radius 1 is 0.721 bits per heavy atom. The maximum atomic E-state index is 13.8. The first-order chi connectivity index (χ1) is 31.7. The topological polar surface area (TPSA) is 329 Å². The largest absolute Gasteiger partial charge is 0.481 e. The molecular weight excluding hydrogens is 897 g/mol. The van der Waals surface area contributed by atoms with Gasteiger partial charge >= 0.3 is 11.9 Å². The Kier molecular flexibility index (Phi) is 13.8. The lowest BCUT2D eigenvalue weighted by atomic mass is 9.33. The third kappa shape index (κ3) is 7.77. The molecule has 20 heteroatoms. The molecule has 0 bridgehead atoms. The Hall–Kier alpha value is -2.25. The Bertz CT molecular complexity index is 1970. The van der Waals surface area contributed by atoms with Gasteiger partial charge in [0.2, 0.25) is 0 Å². The molecule has 3 saturated heterocycles. The number of rotatable bonds is 10. The van der Waals surface area contributed by atoms with Crippen molar-refractivity contribution >= 4 is 17.7 Å². The molecular formula is C48H74O20. The number of carbonyl (C=O) groups is 3. The van der Waals surface area contributed by atoms with Gasteiger partial charge in [-0.05, 0) is 99.2 Å². The van der Waals surface area contributed by atoms with E-state index in [0.717, 1.165) is 12.8 Å². The van der Waals surface area contributed by atoms with Gasteiger partial charge < -0.3 is 84.6 Å². The van der Waals surface area contributed by atoms with E-state index in [2.05, 4.69) is 26.8 Å². The van der Waals surface area contributed by atoms with Gasteiger partial charge in [0.05, 0.1) is 30.8 Å². The van der Waals surface area contributed by atoms with Gasteiger partial charge in [-0.2, -0.15) is 0 Å². The maximum absolute atomic E-state index is 13.8. The number of aliphatic carboxylic acids is 2. The van der Waals surface area contributed by atoms with Crippen molar-refractivity contribution in [2.45, 2.75) is 204 Å². The summed E-state index contributed by atoms with van der Waals surface area (Å²) in [7, 11) is 0. The van der Waals surface area contributed by atoms with Gasteiger partial charge in [-0.25, -0.2) is 4.79 Å². The average molecular weight is 971 g/mol. The van der Waals surface area contributed by atoms with E-state index < -0.39 is 138 Å². The van der Waals surface area contributed by atoms with Gasteiger partial charge in [-0.1, -0.05) is 46.3 Å². The summed E-state index contributed by atoms with van der Waals surface area (Å²) in [5, 5.41) is 119. The zero-order valence-corrected chi connectivity index (χ0v) is 39.9. The van der Waals surface area contributed by atoms with Crippen molar-refractivity contribution < 1.29 is 99.0 Å². The van der Waals surface area contributed by atoms with Crippen LogP contribution in [0.15, 0.2) is 11.6 Å². The number of ketones is 1. The molecule has 68 heavy (non-hydrogen) atoms. The molecule has 11 N–H and O–H groups in total. The van der Waals surface area contributed by atoms with E-state index in [0.29, 0.717) is 38.5 Å². The second kappa shape index (κ2) is 18.0. The van der Waals surface area contributed by atoms with Crippen LogP contribution in [0.1, 0.15) is 106 Å². The summed E-state index contributed by atoms with van der Waals surface area (Å²) in [5.41, 5.74) is -2.70. The second-order valence-electron chi connectivity index (χ2n) is 23.1. The number of Topliss-reactive ketones (excluding diaryl/α,β-unsaturated/α-hetero) is 1. The predicted molar refractivity (Wildman–Crippen MR) is 232 cm³/mol. The molecule has 8 aliphatic rings. The summed E-state index contributed by atoms with van der Waals surface area (Å²) < 4.78 is 35.6. The van der Waals surface area contributed by atoms with Gasteiger partial charge in [0, 0.05) is 17.3 Å². The van der Waals surface area contributed by atoms with Gasteiger partial charge in [-0.15, -0.1) is 0 Å². The molecule has 8 rings (SSSR count). The Morgan fingerprint density at radius 2 is 1.40 bits per heavy atom. The van der Waals surface area contributed by atoms with Crippen molar-refractivity contribution in [1.29, 1.82) is 0 Å². The highest BCUT2D eigenvalue weighted by atomic mass is 16.8. The minimum Gasteiger partial charge on any atom is -0.481 e. The lowest BCUT2D eigenvalue weighted by Crippen LogP contribution is -2.69. The van der Waals surface area contributed by atoms with E-state index in [4.69, 9.17) is 28.4 Å². The van der Waals surface area contributed by atoms with Crippen LogP contribution >= 0.6 is 0 Å². The zero-order valence-electron chi connectivity index (χ0n) is 39.9. The first kappa shape index (κ1) is 52.1. The van der Waals surface area contributed by atoms with E-state index >= 15 is 0 Å². The van der Waals surface area contributed by atoms with Crippen LogP contribution in [0.25, 0.3) is 0 Å². The Balaban J connectivity index is 1.08. The zero-order chi connectivity index (χ0) is 50.0. The number of allylic oxidation sites excluding steroid dienone is 2. The monoisotopic (exact) mass is 970 g/mol. The summed E-state index contributed by atoms with van der Waals surface area (Å²) in [6, 6.07) is 0. The first-order valence-electron chi connectivity index (χ1n) is 24.3. The van der Waals surface area contributed by atoms with Gasteiger partial charge in [0.1, 0.15) is 66.8 Å². The van der Waals surface area contributed by atoms with Crippen LogP contribution in [0, 0.1) is 50.2 Å². The van der Waals surface area contributed by atoms with Gasteiger partial charge in [-0.3, -0.25) is 9.59 Å². The van der Waals surface area contributed by atoms with E-state index in [9.17, 15) is 70.6 Å². The molecule has 386 valence electrons. The number of ether oxygens (including phenoxy) is 6. The summed E-state index contributed by atoms with van der Waals surface area (Å²) in [6.45, 7) is 12.6. The van der Waals surface area contributed by atoms with E-state index in [-0.39, 0.29) is 47.4 Å². The first-order valence-corrected chi connectivity index (χ1v) is 24.3. The summed E-state index contributed by atoms with van der Waals surface area (Å²) in [4.78, 5) is 38.9. The van der Waals surface area contributed by atoms with Crippen molar-refractivity contribution in [2.75, 3.05) is 13.2 Å². The molecule has 4 saturated carbocycles. The maximum Gasteiger partial charge on any atom is 0.335 e. The van der Waals surface area contributed by atoms with Crippen LogP contribution in [-0.2, 0) is 42.8 Å². The van der Waals surface area contributed by atoms with Crippen molar-refractivity contribution in [3.8, 4) is 0 Å². The van der Waals surface area contributed by atoms with Gasteiger partial charge in [0.25, 0.3) is 0 Å². The van der Waals surface area contributed by atoms with Crippen LogP contribution in [0.3, 0.4) is 0 Å². The van der Waals surface area contributed by atoms with Crippen LogP contribution in [0.5, 0.6) is 0 Å². The highest BCUT2D eigenvalue weighted by molar-refractivity contribution is 5.92. The van der Waals surface area contributed by atoms with Crippen molar-refractivity contribution in [2.24, 2.45) is 50.2 Å². The van der Waals surface area contributed by atoms with Crippen molar-refractivity contribution in [3.63, 3.8) is 0 Å². The van der Waals surface area contributed by atoms with Crippen LogP contribution in [0.2, 0.25) is 0 Å². The highest BCUT2D eigenvalue weighted by Gasteiger charge is 2.70. The molecule has 0 aromatic carbocycles. The fourth-order valence-electron chi connectivity index (χ4n) is 14.9. The third-order valence-corrected chi connectivity index (χ3v) is 19.6. The molecule has 3 aliphatic heterocycles. The minimum absolute atomic E-state index is 0.00188. The fraction of sp³-hybridized carbons (Fsp3) is 0.896. The third-order valence-electron chi connectivity index (χ3n) is 19.6. The summed E-state index contributed by atoms with van der Waals surface area (Å²) >= 11 is 0. The average Bonchev–Trinajstić information content (AvgIpc) is 3.28. The Labute approximate surface area is 395 Å². The molecule has 0 amide bonds. The Morgan fingerprint density at radius 3 is 2.03 bits per heavy atom. The van der Waals surface area contributed by atoms with Crippen LogP contribution in [0.4, 0.5) is 0 Å². The molecule has 3 heterocycles. The molecule has 0 aromatic heterocycles. The summed E-state index contributed by atoms with van der Waals surface area (Å²) in [5.74, 6) is -2.91. The lowest BCUT2D eigenvalue weighted by molar-refractivity contribution is -0.393. The number of carboxylic acid groups (broad SMARTS) is 2. The minimum atomic E-state index is -2.14. The lowest BCUT2D eigenvalue weighted by Gasteiger charge is -2.71. The van der Waals surface area contributed by atoms with Crippen molar-refractivity contribution in [1.82, 2.24) is 0 Å². The number of hydrogen-bond donors (Lipinski definition) is 11. The molecule has 25 atom stereocenters. The van der Waals surface area contributed by atoms with Gasteiger partial charge in [0.15, 0.2) is 25.0 Å². The number of hydrogen-bond acceptors (Lipinski definition) is 18. The standard InChI is InChI=1S/C48H74O20/c1-20-28(52)30(54)32(56)40(63-20)67-36-31(55)29(53)23(18-49)64-41(36)68-37-34(33(57)35(38(58)59)66-39(37)60)65-27-11-12-45(4)24(46(27,5)19-50)10-13-48(7)25(45)9-8-21-22-16-43(2,42(61)62)17-26(51)44(22,3)14-15-47(21,48)6/h8,20,22-25,27-37,39-41,49-50,52-57,60H,9-19H2,1-7H3,(H,58,59)(H,61,62)/t20-,22+,23+,24+,25+,27-,28-,29-,30+,31-,32+,33-,34-,35-,36+,37+,39+,40-,41-,43+,44+,45-,46+,47+,48+/m0/s1. The molecule has 7 fully saturated rings. The number of aliphatic hydroxyl groups excluding tert-OH is 9. The molecule has 0 radical (unpaired) electrons. The molecule has 0 unspecified atom stereocenters. The van der Waals surface area contributed by atoms with E-state index in [1.165, 1.54) is 12.5 Å². The number of aliphatic hydroxyl groups is 9. The number of carbonyl (C=O) groups excluding carboxylic acids is 1. The molecule has 0 spiro atoms. The smallest absolute Gasteiger partial charge is 0.335 e. The molecule has 20 nitrogen and oxygen atoms in total. The summed E-state index contributed by atoms with van der Waals surface area (Å²) in [6.07, 6.45) is -20.5. The number of carboxylic acids is 2. The van der Waals surface area contributed by atoms with Crippen LogP contribution < -0.4 is 0 Å². The quantitative estimate of drug-likeness (QED) is 0.128. The molecule has 5 aliphatic carbocycles.